The van der Waals surface area contributed by atoms with Crippen molar-refractivity contribution >= 4 is 38.6 Å². The van der Waals surface area contributed by atoms with Crippen LogP contribution in [0.25, 0.3) is 0 Å². The van der Waals surface area contributed by atoms with Crippen molar-refractivity contribution in [1.82, 2.24) is 9.97 Å². The van der Waals surface area contributed by atoms with Gasteiger partial charge in [-0.3, -0.25) is 0 Å². The van der Waals surface area contributed by atoms with Crippen LogP contribution in [-0.4, -0.2) is 26.8 Å². The molecule has 1 aromatic carbocycles. The minimum absolute atomic E-state index is 0.475. The number of hydrogen-bond donors (Lipinski definition) is 1. The normalized spacial score (nSPS) is 10.6. The molecule has 0 bridgehead atoms. The average molecular weight is 338 g/mol. The molecular weight excluding hydrogens is 321 g/mol. The third-order valence-electron chi connectivity index (χ3n) is 2.93. The second-order valence-corrected chi connectivity index (χ2v) is 6.01. The fourth-order valence-electron chi connectivity index (χ4n) is 1.97. The summed E-state index contributed by atoms with van der Waals surface area (Å²) >= 11 is 7.27. The maximum atomic E-state index is 5.80. The van der Waals surface area contributed by atoms with E-state index in [1.807, 2.05) is 18.2 Å². The molecule has 0 saturated carbocycles. The van der Waals surface area contributed by atoms with Crippen LogP contribution in [0, 0.1) is 0 Å². The molecule has 0 radical (unpaired) electrons. The summed E-state index contributed by atoms with van der Waals surface area (Å²) in [7, 11) is 0. The Morgan fingerprint density at radius 3 is 2.74 bits per heavy atom. The predicted octanol–water partition coefficient (Wildman–Crippen LogP) is 1.54. The second kappa shape index (κ2) is 6.93. The molecule has 0 spiro atoms. The van der Waals surface area contributed by atoms with E-state index < -0.39 is 0 Å². The number of aromatic nitrogens is 2. The zero-order valence-electron chi connectivity index (χ0n) is 10.6. The Labute approximate surface area is 127 Å². The van der Waals surface area contributed by atoms with Crippen LogP contribution in [0.1, 0.15) is 24.1 Å². The van der Waals surface area contributed by atoms with E-state index in [0.29, 0.717) is 5.15 Å². The fourth-order valence-corrected chi connectivity index (χ4v) is 3.03. The summed E-state index contributed by atoms with van der Waals surface area (Å²) in [5.41, 5.74) is 8.95. The molecule has 2 aromatic rings. The first kappa shape index (κ1) is 14.4. The summed E-state index contributed by atoms with van der Waals surface area (Å²) in [6, 6.07) is 8.07. The number of aryl methyl sites for hydroxylation is 2. The number of rotatable bonds is 5. The zero-order chi connectivity index (χ0) is 13.7. The third-order valence-corrected chi connectivity index (χ3v) is 4.08. The molecule has 0 amide bonds. The van der Waals surface area contributed by atoms with Gasteiger partial charge in [0, 0.05) is 0 Å². The van der Waals surface area contributed by atoms with Gasteiger partial charge in [-0.1, -0.05) is 0 Å². The van der Waals surface area contributed by atoms with Crippen molar-refractivity contribution in [2.75, 3.05) is 5.73 Å². The van der Waals surface area contributed by atoms with E-state index in [-0.39, 0.29) is 0 Å². The number of hydrogen-bond acceptors (Lipinski definition) is 3. The predicted molar refractivity (Wildman–Crippen MR) is 82.7 cm³/mol. The van der Waals surface area contributed by atoms with Crippen molar-refractivity contribution in [2.24, 2.45) is 0 Å². The summed E-state index contributed by atoms with van der Waals surface area (Å²) in [5.74, 6) is 0. The number of nitrogen functional groups attached to an aromatic ring is 1. The summed E-state index contributed by atoms with van der Waals surface area (Å²) in [4.78, 5) is 8.57. The molecule has 0 fully saturated rings. The number of anilines is 1. The molecule has 0 aliphatic heterocycles. The van der Waals surface area contributed by atoms with Gasteiger partial charge >= 0.3 is 127 Å². The second-order valence-electron chi connectivity index (χ2n) is 4.48. The summed E-state index contributed by atoms with van der Waals surface area (Å²) in [5, 5.41) is 0.475. The molecule has 1 aromatic heterocycles. The summed E-state index contributed by atoms with van der Waals surface area (Å²) < 4.78 is 0.990. The van der Waals surface area contributed by atoms with Gasteiger partial charge in [-0.15, -0.1) is 0 Å². The van der Waals surface area contributed by atoms with Gasteiger partial charge in [0.15, 0.2) is 0 Å². The van der Waals surface area contributed by atoms with E-state index >= 15 is 0 Å². The summed E-state index contributed by atoms with van der Waals surface area (Å²) in [6.45, 7) is 0. The minimum atomic E-state index is 0.475. The molecule has 100 valence electrons. The van der Waals surface area contributed by atoms with Crippen LogP contribution >= 0.6 is 11.6 Å². The Morgan fingerprint density at radius 1 is 1.21 bits per heavy atom. The first-order valence-corrected chi connectivity index (χ1v) is 7.85. The van der Waals surface area contributed by atoms with Gasteiger partial charge in [0.25, 0.3) is 0 Å². The first-order chi connectivity index (χ1) is 9.15. The number of benzene rings is 1. The van der Waals surface area contributed by atoms with Crippen molar-refractivity contribution in [3.8, 4) is 0 Å². The van der Waals surface area contributed by atoms with Crippen molar-refractivity contribution in [2.45, 2.75) is 25.7 Å². The van der Waals surface area contributed by atoms with E-state index in [4.69, 9.17) is 17.3 Å². The molecule has 2 rings (SSSR count). The van der Waals surface area contributed by atoms with Crippen LogP contribution in [0.2, 0.25) is 5.15 Å². The van der Waals surface area contributed by atoms with Gasteiger partial charge in [-0.25, -0.2) is 0 Å². The van der Waals surface area contributed by atoms with E-state index in [1.165, 1.54) is 22.4 Å². The number of halogens is 1. The Balaban J connectivity index is 1.81. The molecule has 19 heavy (non-hydrogen) atoms. The maximum absolute atomic E-state index is 5.80. The number of unbranched alkanes of at least 4 members (excludes halogenated alkanes) is 1. The van der Waals surface area contributed by atoms with Crippen LogP contribution in [0.3, 0.4) is 0 Å². The van der Waals surface area contributed by atoms with Gasteiger partial charge in [-0.05, 0) is 0 Å². The topological polar surface area (TPSA) is 51.8 Å². The van der Waals surface area contributed by atoms with Crippen LogP contribution in [0.4, 0.5) is 5.69 Å². The molecule has 2 N–H and O–H groups in total. The van der Waals surface area contributed by atoms with Gasteiger partial charge < -0.3 is 0 Å². The molecule has 3 nitrogen and oxygen atoms in total. The van der Waals surface area contributed by atoms with Crippen molar-refractivity contribution in [3.05, 3.63) is 46.9 Å². The Bertz CT molecular complexity index is 560. The van der Waals surface area contributed by atoms with E-state index in [0.717, 1.165) is 41.5 Å². The van der Waals surface area contributed by atoms with Gasteiger partial charge in [0.2, 0.25) is 0 Å². The first-order valence-electron chi connectivity index (χ1n) is 6.26. The third kappa shape index (κ3) is 4.52. The van der Waals surface area contributed by atoms with Crippen LogP contribution in [-0.2, 0) is 12.8 Å². The number of nitrogens with two attached hydrogens (primary N) is 1. The van der Waals surface area contributed by atoms with Crippen molar-refractivity contribution in [3.63, 3.8) is 0 Å². The van der Waals surface area contributed by atoms with Gasteiger partial charge in [-0.2, -0.15) is 0 Å². The monoisotopic (exact) mass is 337 g/mol. The Morgan fingerprint density at radius 2 is 2.00 bits per heavy atom. The molecule has 0 aliphatic rings. The van der Waals surface area contributed by atoms with E-state index in [9.17, 15) is 0 Å². The molecule has 1 heterocycles. The van der Waals surface area contributed by atoms with Crippen molar-refractivity contribution in [1.29, 1.82) is 0 Å². The average Bonchev–Trinajstić information content (AvgIpc) is 2.37. The number of nitrogens with zero attached hydrogens (tertiary/aromatic N) is 2. The SMILES string of the molecule is Nc1cccc(CCCCc2ncc(Cl)nc2[AsH2])c1. The van der Waals surface area contributed by atoms with Crippen LogP contribution in [0.15, 0.2) is 30.5 Å². The van der Waals surface area contributed by atoms with E-state index in [2.05, 4.69) is 16.0 Å². The molecule has 1 unspecified atom stereocenters. The van der Waals surface area contributed by atoms with Crippen molar-refractivity contribution < 1.29 is 0 Å². The molecular formula is C14H17AsClN3. The Hall–Kier alpha value is -1.05. The summed E-state index contributed by atoms with van der Waals surface area (Å²) in [6.07, 6.45) is 5.86. The molecule has 5 heteroatoms. The molecule has 0 saturated heterocycles. The molecule has 1 atom stereocenters. The van der Waals surface area contributed by atoms with Crippen LogP contribution < -0.4 is 10.2 Å². The van der Waals surface area contributed by atoms with E-state index in [1.54, 1.807) is 6.20 Å². The molecule has 0 aliphatic carbocycles. The zero-order valence-corrected chi connectivity index (χ0v) is 13.8. The van der Waals surface area contributed by atoms with Crippen LogP contribution in [0.5, 0.6) is 0 Å². The quantitative estimate of drug-likeness (QED) is 0.511. The fraction of sp³-hybridized carbons (Fsp3) is 0.286. The van der Waals surface area contributed by atoms with Gasteiger partial charge in [0.1, 0.15) is 0 Å². The Kier molecular flexibility index (Phi) is 5.23. The standard InChI is InChI=1S/C14H17AsClN3/c15-14-12(18-9-13(16)19-14)7-2-1-4-10-5-3-6-11(17)8-10/h3,5-6,8-9H,1-2,4,7,15,17H2. The van der Waals surface area contributed by atoms with Gasteiger partial charge in [0.05, 0.1) is 0 Å².